The van der Waals surface area contributed by atoms with Gasteiger partial charge in [-0.3, -0.25) is 9.89 Å². The van der Waals surface area contributed by atoms with Crippen molar-refractivity contribution in [3.05, 3.63) is 50.9 Å². The number of nitrogens with one attached hydrogen (secondary N) is 2. The molecule has 5 nitrogen and oxygen atoms in total. The Labute approximate surface area is 206 Å². The Morgan fingerprint density at radius 2 is 2.03 bits per heavy atom. The fourth-order valence-electron chi connectivity index (χ4n) is 3.62. The van der Waals surface area contributed by atoms with Gasteiger partial charge in [-0.25, -0.2) is 4.98 Å². The van der Waals surface area contributed by atoms with Gasteiger partial charge in [0.1, 0.15) is 0 Å². The maximum absolute atomic E-state index is 6.25. The van der Waals surface area contributed by atoms with Gasteiger partial charge in [-0.1, -0.05) is 29.8 Å². The third kappa shape index (κ3) is 8.32. The average Bonchev–Trinajstić information content (AvgIpc) is 3.13. The van der Waals surface area contributed by atoms with Crippen molar-refractivity contribution in [1.29, 1.82) is 0 Å². The van der Waals surface area contributed by atoms with Crippen LogP contribution < -0.4 is 10.6 Å². The predicted octanol–water partition coefficient (Wildman–Crippen LogP) is 4.73. The van der Waals surface area contributed by atoms with Crippen LogP contribution in [0.25, 0.3) is 0 Å². The summed E-state index contributed by atoms with van der Waals surface area (Å²) in [7, 11) is 0. The number of nitrogens with zero attached hydrogens (tertiary/aromatic N) is 3. The molecule has 1 saturated heterocycles. The fourth-order valence-corrected chi connectivity index (χ4v) is 4.45. The highest BCUT2D eigenvalue weighted by Gasteiger charge is 2.19. The van der Waals surface area contributed by atoms with E-state index >= 15 is 0 Å². The van der Waals surface area contributed by atoms with Crippen LogP contribution in [0.2, 0.25) is 5.02 Å². The fraction of sp³-hybridized carbons (Fsp3) is 0.545. The molecule has 2 aromatic rings. The van der Waals surface area contributed by atoms with Crippen LogP contribution in [0, 0.1) is 12.8 Å². The van der Waals surface area contributed by atoms with E-state index in [1.807, 2.05) is 18.2 Å². The van der Waals surface area contributed by atoms with Gasteiger partial charge in [0.2, 0.25) is 0 Å². The average molecular weight is 562 g/mol. The molecule has 0 unspecified atom stereocenters. The maximum atomic E-state index is 6.25. The molecule has 1 fully saturated rings. The molecular weight excluding hydrogens is 529 g/mol. The minimum atomic E-state index is 0. The van der Waals surface area contributed by atoms with Gasteiger partial charge in [0.25, 0.3) is 0 Å². The van der Waals surface area contributed by atoms with Gasteiger partial charge in [-0.15, -0.1) is 35.3 Å². The first-order chi connectivity index (χ1) is 14.1. The molecule has 30 heavy (non-hydrogen) atoms. The van der Waals surface area contributed by atoms with E-state index < -0.39 is 0 Å². The number of benzene rings is 1. The summed E-state index contributed by atoms with van der Waals surface area (Å²) in [6.45, 7) is 9.98. The number of aliphatic imine (C=N–C) groups is 1. The number of guanidine groups is 1. The lowest BCUT2D eigenvalue weighted by Crippen LogP contribution is -2.39. The number of aromatic nitrogens is 1. The van der Waals surface area contributed by atoms with E-state index in [-0.39, 0.29) is 24.0 Å². The van der Waals surface area contributed by atoms with Crippen molar-refractivity contribution < 1.29 is 0 Å². The zero-order valence-electron chi connectivity index (χ0n) is 17.9. The molecule has 1 aromatic carbocycles. The largest absolute Gasteiger partial charge is 0.357 e. The number of aryl methyl sites for hydroxylation is 1. The summed E-state index contributed by atoms with van der Waals surface area (Å²) < 4.78 is 0. The molecule has 2 N–H and O–H groups in total. The van der Waals surface area contributed by atoms with E-state index in [2.05, 4.69) is 45.8 Å². The van der Waals surface area contributed by atoms with E-state index in [0.717, 1.165) is 61.7 Å². The second-order valence-electron chi connectivity index (χ2n) is 7.57. The van der Waals surface area contributed by atoms with E-state index in [9.17, 15) is 0 Å². The molecule has 0 amide bonds. The molecule has 0 atom stereocenters. The van der Waals surface area contributed by atoms with Gasteiger partial charge in [0.15, 0.2) is 5.96 Å². The third-order valence-electron chi connectivity index (χ3n) is 5.26. The lowest BCUT2D eigenvalue weighted by atomic mass is 9.97. The van der Waals surface area contributed by atoms with Gasteiger partial charge >= 0.3 is 0 Å². The van der Waals surface area contributed by atoms with Gasteiger partial charge in [0, 0.05) is 36.6 Å². The summed E-state index contributed by atoms with van der Waals surface area (Å²) in [6.07, 6.45) is 3.29. The van der Waals surface area contributed by atoms with Gasteiger partial charge in [0.05, 0.1) is 10.7 Å². The van der Waals surface area contributed by atoms with E-state index in [1.165, 1.54) is 24.1 Å². The maximum Gasteiger partial charge on any atom is 0.191 e. The molecule has 1 aromatic heterocycles. The van der Waals surface area contributed by atoms with Crippen LogP contribution in [-0.2, 0) is 13.0 Å². The smallest absolute Gasteiger partial charge is 0.191 e. The molecule has 166 valence electrons. The van der Waals surface area contributed by atoms with Gasteiger partial charge < -0.3 is 10.6 Å². The molecular formula is C22H33ClIN5S. The van der Waals surface area contributed by atoms with Crippen LogP contribution in [0.4, 0.5) is 0 Å². The molecule has 2 heterocycles. The Morgan fingerprint density at radius 1 is 1.27 bits per heavy atom. The first kappa shape index (κ1) is 25.4. The highest BCUT2D eigenvalue weighted by atomic mass is 127. The second kappa shape index (κ2) is 13.5. The van der Waals surface area contributed by atoms with Crippen molar-refractivity contribution in [1.82, 2.24) is 20.5 Å². The SMILES string of the molecule is CCNC(=NCC1CCN(Cc2csc(C)n2)CC1)NCCc1ccccc1Cl.I. The van der Waals surface area contributed by atoms with Crippen molar-refractivity contribution in [2.45, 2.75) is 39.7 Å². The van der Waals surface area contributed by atoms with Gasteiger partial charge in [-0.2, -0.15) is 0 Å². The van der Waals surface area contributed by atoms with Crippen LogP contribution in [0.3, 0.4) is 0 Å². The Balaban J connectivity index is 0.00000320. The van der Waals surface area contributed by atoms with Crippen molar-refractivity contribution in [2.24, 2.45) is 10.9 Å². The predicted molar refractivity (Wildman–Crippen MR) is 139 cm³/mol. The van der Waals surface area contributed by atoms with Crippen molar-refractivity contribution >= 4 is 52.9 Å². The number of likely N-dealkylation sites (tertiary alicyclic amines) is 1. The molecule has 0 aliphatic carbocycles. The lowest BCUT2D eigenvalue weighted by molar-refractivity contribution is 0.179. The Morgan fingerprint density at radius 3 is 2.70 bits per heavy atom. The molecule has 3 rings (SSSR count). The van der Waals surface area contributed by atoms with Gasteiger partial charge in [-0.05, 0) is 63.7 Å². The molecule has 0 saturated carbocycles. The molecule has 8 heteroatoms. The van der Waals surface area contributed by atoms with Crippen LogP contribution in [0.5, 0.6) is 0 Å². The molecule has 0 spiro atoms. The highest BCUT2D eigenvalue weighted by molar-refractivity contribution is 14.0. The highest BCUT2D eigenvalue weighted by Crippen LogP contribution is 2.20. The standard InChI is InChI=1S/C22H32ClN5S.HI/c1-3-24-22(25-11-8-19-6-4-5-7-21(19)23)26-14-18-9-12-28(13-10-18)15-20-16-29-17(2)27-20;/h4-7,16,18H,3,8-15H2,1-2H3,(H2,24,25,26);1H. The molecule has 1 aliphatic heterocycles. The summed E-state index contributed by atoms with van der Waals surface area (Å²) in [4.78, 5) is 11.9. The number of thiazole rings is 1. The number of hydrogen-bond acceptors (Lipinski definition) is 4. The summed E-state index contributed by atoms with van der Waals surface area (Å²) in [6, 6.07) is 8.02. The van der Waals surface area contributed by atoms with Crippen LogP contribution in [0.1, 0.15) is 36.0 Å². The molecule has 0 bridgehead atoms. The summed E-state index contributed by atoms with van der Waals surface area (Å²) in [5.74, 6) is 1.56. The quantitative estimate of drug-likeness (QED) is 0.278. The third-order valence-corrected chi connectivity index (χ3v) is 6.45. The normalized spacial score (nSPS) is 15.6. The zero-order chi connectivity index (χ0) is 20.5. The minimum absolute atomic E-state index is 0. The zero-order valence-corrected chi connectivity index (χ0v) is 21.8. The number of hydrogen-bond donors (Lipinski definition) is 2. The van der Waals surface area contributed by atoms with Crippen molar-refractivity contribution in [2.75, 3.05) is 32.7 Å². The Bertz CT molecular complexity index is 789. The summed E-state index contributed by atoms with van der Waals surface area (Å²) in [5, 5.41) is 11.0. The Kier molecular flexibility index (Phi) is 11.4. The Hall–Kier alpha value is -0.900. The van der Waals surface area contributed by atoms with E-state index in [0.29, 0.717) is 5.92 Å². The molecule has 0 radical (unpaired) electrons. The number of rotatable bonds is 8. The summed E-state index contributed by atoms with van der Waals surface area (Å²) in [5.41, 5.74) is 2.38. The number of halogens is 2. The van der Waals surface area contributed by atoms with Crippen molar-refractivity contribution in [3.63, 3.8) is 0 Å². The number of piperidine rings is 1. The monoisotopic (exact) mass is 561 g/mol. The first-order valence-corrected chi connectivity index (χ1v) is 11.8. The van der Waals surface area contributed by atoms with Crippen LogP contribution in [-0.4, -0.2) is 48.6 Å². The van der Waals surface area contributed by atoms with E-state index in [4.69, 9.17) is 16.6 Å². The minimum Gasteiger partial charge on any atom is -0.357 e. The summed E-state index contributed by atoms with van der Waals surface area (Å²) >= 11 is 7.98. The van der Waals surface area contributed by atoms with Crippen LogP contribution in [0.15, 0.2) is 34.6 Å². The molecule has 1 aliphatic rings. The van der Waals surface area contributed by atoms with E-state index in [1.54, 1.807) is 11.3 Å². The van der Waals surface area contributed by atoms with Crippen LogP contribution >= 0.6 is 46.9 Å². The lowest BCUT2D eigenvalue weighted by Gasteiger charge is -2.30. The second-order valence-corrected chi connectivity index (χ2v) is 9.03. The van der Waals surface area contributed by atoms with Crippen molar-refractivity contribution in [3.8, 4) is 0 Å². The first-order valence-electron chi connectivity index (χ1n) is 10.5. The topological polar surface area (TPSA) is 52.6 Å².